The van der Waals surface area contributed by atoms with E-state index in [-0.39, 0.29) is 6.61 Å². The zero-order chi connectivity index (χ0) is 13.5. The zero-order valence-electron chi connectivity index (χ0n) is 9.79. The quantitative estimate of drug-likeness (QED) is 0.596. The van der Waals surface area contributed by atoms with E-state index in [9.17, 15) is 13.6 Å². The first-order valence-corrected chi connectivity index (χ1v) is 6.34. The normalized spacial score (nSPS) is 12.0. The first-order chi connectivity index (χ1) is 8.62. The fourth-order valence-electron chi connectivity index (χ4n) is 1.29. The summed E-state index contributed by atoms with van der Waals surface area (Å²) in [4.78, 5) is 11.5. The van der Waals surface area contributed by atoms with Gasteiger partial charge in [0, 0.05) is 5.33 Å². The number of alkyl halides is 3. The zero-order valence-corrected chi connectivity index (χ0v) is 11.4. The summed E-state index contributed by atoms with van der Waals surface area (Å²) in [5.41, 5.74) is 1.07. The maximum atomic E-state index is 12.7. The summed E-state index contributed by atoms with van der Waals surface area (Å²) in [6, 6.07) is 4.71. The summed E-state index contributed by atoms with van der Waals surface area (Å²) in [6.45, 7) is -1.48. The van der Waals surface area contributed by atoms with Gasteiger partial charge in [-0.1, -0.05) is 22.0 Å². The van der Waals surface area contributed by atoms with Crippen molar-refractivity contribution in [2.24, 2.45) is 0 Å². The van der Waals surface area contributed by atoms with Gasteiger partial charge in [0.15, 0.2) is 6.17 Å². The molecule has 1 rings (SSSR count). The van der Waals surface area contributed by atoms with Crippen molar-refractivity contribution in [3.63, 3.8) is 0 Å². The number of hydrogen-bond acceptors (Lipinski definition) is 3. The second-order valence-electron chi connectivity index (χ2n) is 3.51. The molecule has 0 N–H and O–H groups in total. The Kier molecular flexibility index (Phi) is 6.04. The van der Waals surface area contributed by atoms with Crippen molar-refractivity contribution in [1.29, 1.82) is 0 Å². The molecule has 18 heavy (non-hydrogen) atoms. The molecular formula is C12H13BrF2O3. The summed E-state index contributed by atoms with van der Waals surface area (Å²) >= 11 is 3.25. The Morgan fingerprint density at radius 1 is 1.50 bits per heavy atom. The molecule has 3 nitrogen and oxygen atoms in total. The van der Waals surface area contributed by atoms with E-state index in [0.29, 0.717) is 16.6 Å². The van der Waals surface area contributed by atoms with Crippen molar-refractivity contribution < 1.29 is 23.0 Å². The highest BCUT2D eigenvalue weighted by atomic mass is 79.9. The highest BCUT2D eigenvalue weighted by Gasteiger charge is 2.13. The minimum Gasteiger partial charge on any atom is -0.490 e. The standard InChI is InChI=1S/C12H13BrF2O3/c1-17-12(16)11-4-10(3-2-8(11)5-13)18-7-9(15)6-14/h2-4,9H,5-7H2,1H3. The predicted molar refractivity (Wildman–Crippen MR) is 66.8 cm³/mol. The van der Waals surface area contributed by atoms with Gasteiger partial charge in [0.2, 0.25) is 0 Å². The van der Waals surface area contributed by atoms with E-state index in [1.165, 1.54) is 13.2 Å². The number of methoxy groups -OCH3 is 1. The van der Waals surface area contributed by atoms with E-state index in [0.717, 1.165) is 5.56 Å². The van der Waals surface area contributed by atoms with Crippen LogP contribution in [0.2, 0.25) is 0 Å². The molecule has 1 atom stereocenters. The number of rotatable bonds is 6. The number of carbonyl (C=O) groups is 1. The molecule has 0 aliphatic carbocycles. The van der Waals surface area contributed by atoms with Gasteiger partial charge in [-0.05, 0) is 17.7 Å². The molecule has 0 fully saturated rings. The Labute approximate surface area is 112 Å². The number of carbonyl (C=O) groups excluding carboxylic acids is 1. The van der Waals surface area contributed by atoms with E-state index in [4.69, 9.17) is 4.74 Å². The van der Waals surface area contributed by atoms with Gasteiger partial charge < -0.3 is 9.47 Å². The molecule has 1 unspecified atom stereocenters. The monoisotopic (exact) mass is 322 g/mol. The first-order valence-electron chi connectivity index (χ1n) is 5.22. The molecule has 1 aromatic rings. The molecule has 6 heteroatoms. The Morgan fingerprint density at radius 3 is 2.78 bits per heavy atom. The van der Waals surface area contributed by atoms with Crippen LogP contribution in [0.5, 0.6) is 5.75 Å². The molecular weight excluding hydrogens is 310 g/mol. The van der Waals surface area contributed by atoms with Crippen molar-refractivity contribution in [2.75, 3.05) is 20.4 Å². The molecule has 0 aliphatic heterocycles. The van der Waals surface area contributed by atoms with Gasteiger partial charge in [0.1, 0.15) is 19.0 Å². The molecule has 0 spiro atoms. The Hall–Kier alpha value is -1.17. The number of benzene rings is 1. The number of ether oxygens (including phenoxy) is 2. The van der Waals surface area contributed by atoms with Crippen LogP contribution in [0.4, 0.5) is 8.78 Å². The molecule has 0 saturated heterocycles. The fraction of sp³-hybridized carbons (Fsp3) is 0.417. The highest BCUT2D eigenvalue weighted by molar-refractivity contribution is 9.08. The number of esters is 1. The van der Waals surface area contributed by atoms with E-state index < -0.39 is 18.8 Å². The van der Waals surface area contributed by atoms with E-state index in [1.807, 2.05) is 0 Å². The Bertz CT molecular complexity index is 412. The summed E-state index contributed by atoms with van der Waals surface area (Å²) in [6.07, 6.45) is -1.66. The van der Waals surface area contributed by atoms with Gasteiger partial charge in [-0.15, -0.1) is 0 Å². The summed E-state index contributed by atoms with van der Waals surface area (Å²) < 4.78 is 34.3. The topological polar surface area (TPSA) is 35.5 Å². The smallest absolute Gasteiger partial charge is 0.338 e. The average Bonchev–Trinajstić information content (AvgIpc) is 2.43. The Morgan fingerprint density at radius 2 is 2.22 bits per heavy atom. The second-order valence-corrected chi connectivity index (χ2v) is 4.07. The van der Waals surface area contributed by atoms with Crippen LogP contribution in [0.1, 0.15) is 15.9 Å². The lowest BCUT2D eigenvalue weighted by atomic mass is 10.1. The van der Waals surface area contributed by atoms with Crippen LogP contribution in [0.15, 0.2) is 18.2 Å². The van der Waals surface area contributed by atoms with Gasteiger partial charge in [-0.2, -0.15) is 0 Å². The average molecular weight is 323 g/mol. The minimum atomic E-state index is -1.66. The number of halogens is 3. The van der Waals surface area contributed by atoms with Gasteiger partial charge in [-0.25, -0.2) is 13.6 Å². The van der Waals surface area contributed by atoms with Crippen molar-refractivity contribution in [3.8, 4) is 5.75 Å². The molecule has 0 amide bonds. The molecule has 0 radical (unpaired) electrons. The predicted octanol–water partition coefficient (Wildman–Crippen LogP) is 3.05. The molecule has 0 aromatic heterocycles. The second kappa shape index (κ2) is 7.31. The maximum absolute atomic E-state index is 12.7. The molecule has 0 bridgehead atoms. The molecule has 0 saturated carbocycles. The third-order valence-electron chi connectivity index (χ3n) is 2.23. The lowest BCUT2D eigenvalue weighted by Crippen LogP contribution is -2.15. The van der Waals surface area contributed by atoms with Crippen LogP contribution >= 0.6 is 15.9 Å². The lowest BCUT2D eigenvalue weighted by molar-refractivity contribution is 0.0599. The van der Waals surface area contributed by atoms with Crippen LogP contribution in [0.3, 0.4) is 0 Å². The van der Waals surface area contributed by atoms with Crippen molar-refractivity contribution in [3.05, 3.63) is 29.3 Å². The third-order valence-corrected chi connectivity index (χ3v) is 2.83. The van der Waals surface area contributed by atoms with Gasteiger partial charge in [0.25, 0.3) is 0 Å². The largest absolute Gasteiger partial charge is 0.490 e. The van der Waals surface area contributed by atoms with Crippen molar-refractivity contribution in [1.82, 2.24) is 0 Å². The van der Waals surface area contributed by atoms with Gasteiger partial charge in [0.05, 0.1) is 12.7 Å². The van der Waals surface area contributed by atoms with Crippen LogP contribution < -0.4 is 4.74 Å². The number of hydrogen-bond donors (Lipinski definition) is 0. The fourth-order valence-corrected chi connectivity index (χ4v) is 1.78. The molecule has 100 valence electrons. The van der Waals surface area contributed by atoms with Gasteiger partial charge in [-0.3, -0.25) is 0 Å². The summed E-state index contributed by atoms with van der Waals surface area (Å²) in [7, 11) is 1.27. The van der Waals surface area contributed by atoms with Crippen LogP contribution in [0.25, 0.3) is 0 Å². The van der Waals surface area contributed by atoms with Crippen LogP contribution in [-0.4, -0.2) is 32.5 Å². The Balaban J connectivity index is 2.85. The van der Waals surface area contributed by atoms with Crippen molar-refractivity contribution >= 4 is 21.9 Å². The van der Waals surface area contributed by atoms with Gasteiger partial charge >= 0.3 is 5.97 Å². The summed E-state index contributed by atoms with van der Waals surface area (Å²) in [5.74, 6) is -0.201. The third kappa shape index (κ3) is 3.94. The van der Waals surface area contributed by atoms with Crippen LogP contribution in [-0.2, 0) is 10.1 Å². The lowest BCUT2D eigenvalue weighted by Gasteiger charge is -2.11. The molecule has 1 aromatic carbocycles. The first kappa shape index (κ1) is 14.9. The highest BCUT2D eigenvalue weighted by Crippen LogP contribution is 2.21. The van der Waals surface area contributed by atoms with Crippen molar-refractivity contribution in [2.45, 2.75) is 11.5 Å². The van der Waals surface area contributed by atoms with E-state index in [1.54, 1.807) is 12.1 Å². The minimum absolute atomic E-state index is 0.302. The molecule has 0 heterocycles. The SMILES string of the molecule is COC(=O)c1cc(OCC(F)CF)ccc1CBr. The summed E-state index contributed by atoms with van der Waals surface area (Å²) in [5, 5.41) is 0.480. The van der Waals surface area contributed by atoms with Crippen LogP contribution in [0, 0.1) is 0 Å². The van der Waals surface area contributed by atoms with E-state index in [2.05, 4.69) is 20.7 Å². The molecule has 0 aliphatic rings. The van der Waals surface area contributed by atoms with E-state index >= 15 is 0 Å². The maximum Gasteiger partial charge on any atom is 0.338 e.